The first-order chi connectivity index (χ1) is 8.11. The third-order valence-electron chi connectivity index (χ3n) is 2.61. The lowest BCUT2D eigenvalue weighted by Crippen LogP contribution is -2.18. The number of nitrogens with one attached hydrogen (secondary N) is 1. The van der Waals surface area contributed by atoms with Crippen LogP contribution >= 0.6 is 11.6 Å². The first-order valence-electron chi connectivity index (χ1n) is 5.30. The number of halogens is 2. The fraction of sp³-hybridized carbons (Fsp3) is 0.231. The Balaban J connectivity index is 2.42. The Morgan fingerprint density at radius 2 is 2.06 bits per heavy atom. The minimum Gasteiger partial charge on any atom is -0.464 e. The molecule has 0 aliphatic carbocycles. The van der Waals surface area contributed by atoms with Gasteiger partial charge in [0.15, 0.2) is 0 Å². The van der Waals surface area contributed by atoms with Crippen molar-refractivity contribution in [3.05, 3.63) is 58.3 Å². The Labute approximate surface area is 104 Å². The van der Waals surface area contributed by atoms with Gasteiger partial charge in [0.25, 0.3) is 0 Å². The molecule has 1 heterocycles. The molecule has 1 aromatic heterocycles. The van der Waals surface area contributed by atoms with E-state index in [9.17, 15) is 4.39 Å². The summed E-state index contributed by atoms with van der Waals surface area (Å²) < 4.78 is 19.3. The molecule has 2 aromatic rings. The molecular formula is C13H13ClFNO. The van der Waals surface area contributed by atoms with Crippen LogP contribution in [0, 0.1) is 12.7 Å². The molecule has 0 spiro atoms. The summed E-state index contributed by atoms with van der Waals surface area (Å²) in [6, 6.07) is 8.02. The van der Waals surface area contributed by atoms with Crippen LogP contribution in [0.15, 0.2) is 34.7 Å². The summed E-state index contributed by atoms with van der Waals surface area (Å²) in [5.41, 5.74) is 0.520. The highest BCUT2D eigenvalue weighted by atomic mass is 35.5. The quantitative estimate of drug-likeness (QED) is 0.903. The third-order valence-corrected chi connectivity index (χ3v) is 2.84. The summed E-state index contributed by atoms with van der Waals surface area (Å²) in [7, 11) is 1.76. The fourth-order valence-corrected chi connectivity index (χ4v) is 1.95. The van der Waals surface area contributed by atoms with Gasteiger partial charge in [-0.3, -0.25) is 0 Å². The van der Waals surface area contributed by atoms with Gasteiger partial charge in [-0.1, -0.05) is 17.7 Å². The van der Waals surface area contributed by atoms with Crippen LogP contribution in [-0.2, 0) is 0 Å². The van der Waals surface area contributed by atoms with Crippen molar-refractivity contribution < 1.29 is 8.81 Å². The first-order valence-corrected chi connectivity index (χ1v) is 5.68. The van der Waals surface area contributed by atoms with E-state index < -0.39 is 0 Å². The monoisotopic (exact) mass is 253 g/mol. The molecule has 4 heteroatoms. The molecule has 1 N–H and O–H groups in total. The van der Waals surface area contributed by atoms with E-state index in [1.165, 1.54) is 6.07 Å². The summed E-state index contributed by atoms with van der Waals surface area (Å²) in [5, 5.41) is 3.42. The average Bonchev–Trinajstić information content (AvgIpc) is 2.69. The zero-order valence-electron chi connectivity index (χ0n) is 9.63. The third kappa shape index (κ3) is 2.51. The van der Waals surface area contributed by atoms with Crippen LogP contribution < -0.4 is 5.32 Å². The summed E-state index contributed by atoms with van der Waals surface area (Å²) in [6.45, 7) is 1.86. The van der Waals surface area contributed by atoms with Gasteiger partial charge in [0.2, 0.25) is 0 Å². The van der Waals surface area contributed by atoms with Crippen LogP contribution in [0.2, 0.25) is 5.02 Å². The minimum atomic E-state index is -0.342. The van der Waals surface area contributed by atoms with Gasteiger partial charge in [-0.15, -0.1) is 0 Å². The van der Waals surface area contributed by atoms with E-state index in [-0.39, 0.29) is 11.9 Å². The van der Waals surface area contributed by atoms with Gasteiger partial charge < -0.3 is 9.73 Å². The fourth-order valence-electron chi connectivity index (χ4n) is 1.80. The smallest absolute Gasteiger partial charge is 0.129 e. The molecule has 1 atom stereocenters. The van der Waals surface area contributed by atoms with E-state index in [4.69, 9.17) is 16.0 Å². The van der Waals surface area contributed by atoms with Crippen molar-refractivity contribution >= 4 is 11.6 Å². The maximum atomic E-state index is 13.8. The predicted octanol–water partition coefficient (Wildman–Crippen LogP) is 3.69. The molecule has 0 radical (unpaired) electrons. The van der Waals surface area contributed by atoms with Crippen LogP contribution in [0.25, 0.3) is 0 Å². The zero-order valence-corrected chi connectivity index (χ0v) is 10.4. The SMILES string of the molecule is CNC(c1ccc(C)o1)c1ccc(Cl)cc1F. The van der Waals surface area contributed by atoms with E-state index in [1.807, 2.05) is 19.1 Å². The van der Waals surface area contributed by atoms with Crippen molar-refractivity contribution in [3.8, 4) is 0 Å². The number of aryl methyl sites for hydroxylation is 1. The lowest BCUT2D eigenvalue weighted by Gasteiger charge is -2.15. The second-order valence-electron chi connectivity index (χ2n) is 3.84. The molecule has 0 aliphatic heterocycles. The van der Waals surface area contributed by atoms with Gasteiger partial charge in [-0.25, -0.2) is 4.39 Å². The molecule has 0 aliphatic rings. The Morgan fingerprint density at radius 1 is 1.29 bits per heavy atom. The standard InChI is InChI=1S/C13H13ClFNO/c1-8-3-6-12(17-8)13(16-2)10-5-4-9(14)7-11(10)15/h3-7,13,16H,1-2H3. The predicted molar refractivity (Wildman–Crippen MR) is 65.8 cm³/mol. The molecule has 0 saturated heterocycles. The molecule has 0 fully saturated rings. The normalized spacial score (nSPS) is 12.7. The van der Waals surface area contributed by atoms with Gasteiger partial charge in [-0.2, -0.15) is 0 Å². The first kappa shape index (κ1) is 12.1. The average molecular weight is 254 g/mol. The lowest BCUT2D eigenvalue weighted by atomic mass is 10.0. The van der Waals surface area contributed by atoms with Crippen LogP contribution in [0.1, 0.15) is 23.1 Å². The van der Waals surface area contributed by atoms with Crippen molar-refractivity contribution in [1.82, 2.24) is 5.32 Å². The van der Waals surface area contributed by atoms with Crippen LogP contribution in [-0.4, -0.2) is 7.05 Å². The summed E-state index contributed by atoms with van der Waals surface area (Å²) >= 11 is 5.73. The minimum absolute atomic E-state index is 0.305. The van der Waals surface area contributed by atoms with Gasteiger partial charge in [0.1, 0.15) is 17.3 Å². The lowest BCUT2D eigenvalue weighted by molar-refractivity contribution is 0.436. The second-order valence-corrected chi connectivity index (χ2v) is 4.27. The molecule has 2 nitrogen and oxygen atoms in total. The Hall–Kier alpha value is -1.32. The van der Waals surface area contributed by atoms with Crippen molar-refractivity contribution in [2.45, 2.75) is 13.0 Å². The second kappa shape index (κ2) is 4.90. The van der Waals surface area contributed by atoms with E-state index in [0.29, 0.717) is 16.3 Å². The molecule has 1 aromatic carbocycles. The summed E-state index contributed by atoms with van der Waals surface area (Å²) in [4.78, 5) is 0. The maximum absolute atomic E-state index is 13.8. The van der Waals surface area contributed by atoms with Crippen LogP contribution in [0.5, 0.6) is 0 Å². The van der Waals surface area contributed by atoms with Crippen LogP contribution in [0.4, 0.5) is 4.39 Å². The van der Waals surface area contributed by atoms with E-state index >= 15 is 0 Å². The van der Waals surface area contributed by atoms with Gasteiger partial charge in [0.05, 0.1) is 6.04 Å². The molecule has 2 rings (SSSR count). The Kier molecular flexibility index (Phi) is 3.50. The molecule has 0 amide bonds. The highest BCUT2D eigenvalue weighted by Gasteiger charge is 2.19. The molecule has 90 valence electrons. The van der Waals surface area contributed by atoms with Crippen molar-refractivity contribution in [3.63, 3.8) is 0 Å². The van der Waals surface area contributed by atoms with E-state index in [0.717, 1.165) is 5.76 Å². The highest BCUT2D eigenvalue weighted by Crippen LogP contribution is 2.27. The van der Waals surface area contributed by atoms with Crippen molar-refractivity contribution in [2.24, 2.45) is 0 Å². The zero-order chi connectivity index (χ0) is 12.4. The largest absolute Gasteiger partial charge is 0.464 e. The summed E-state index contributed by atoms with van der Waals surface area (Å²) in [5.74, 6) is 1.15. The van der Waals surface area contributed by atoms with E-state index in [2.05, 4.69) is 5.32 Å². The number of rotatable bonds is 3. The van der Waals surface area contributed by atoms with E-state index in [1.54, 1.807) is 19.2 Å². The number of hydrogen-bond donors (Lipinski definition) is 1. The molecule has 0 saturated carbocycles. The highest BCUT2D eigenvalue weighted by molar-refractivity contribution is 6.30. The molecule has 1 unspecified atom stereocenters. The topological polar surface area (TPSA) is 25.2 Å². The number of benzene rings is 1. The van der Waals surface area contributed by atoms with Gasteiger partial charge in [-0.05, 0) is 38.2 Å². The summed E-state index contributed by atoms with van der Waals surface area (Å²) in [6.07, 6.45) is 0. The van der Waals surface area contributed by atoms with Gasteiger partial charge in [0, 0.05) is 10.6 Å². The molecule has 0 bridgehead atoms. The maximum Gasteiger partial charge on any atom is 0.129 e. The number of furan rings is 1. The Morgan fingerprint density at radius 3 is 2.59 bits per heavy atom. The molecular weight excluding hydrogens is 241 g/mol. The number of hydrogen-bond acceptors (Lipinski definition) is 2. The van der Waals surface area contributed by atoms with Gasteiger partial charge >= 0.3 is 0 Å². The van der Waals surface area contributed by atoms with Crippen molar-refractivity contribution in [1.29, 1.82) is 0 Å². The molecule has 17 heavy (non-hydrogen) atoms. The Bertz CT molecular complexity index is 524. The van der Waals surface area contributed by atoms with Crippen LogP contribution in [0.3, 0.4) is 0 Å². The van der Waals surface area contributed by atoms with Crippen molar-refractivity contribution in [2.75, 3.05) is 7.05 Å².